The van der Waals surface area contributed by atoms with E-state index in [9.17, 15) is 10.1 Å². The van der Waals surface area contributed by atoms with Crippen LogP contribution in [-0.4, -0.2) is 24.6 Å². The lowest BCUT2D eigenvalue weighted by atomic mass is 9.97. The molecule has 1 aliphatic rings. The third-order valence-corrected chi connectivity index (χ3v) is 3.65. The first-order valence-electron chi connectivity index (χ1n) is 6.01. The van der Waals surface area contributed by atoms with Crippen LogP contribution in [0.15, 0.2) is 18.2 Å². The molecule has 0 aliphatic carbocycles. The van der Waals surface area contributed by atoms with E-state index in [-0.39, 0.29) is 10.7 Å². The lowest BCUT2D eigenvalue weighted by Crippen LogP contribution is -2.38. The summed E-state index contributed by atoms with van der Waals surface area (Å²) in [5.74, 6) is 0.400. The fraction of sp³-hybridized carbons (Fsp3) is 0.500. The molecule has 1 aromatic rings. The number of nitrogens with zero attached hydrogens (tertiary/aromatic N) is 2. The standard InChI is InChI=1S/C12H16ClN3O2/c13-10-4-1-5-11(12(10)16(17)18)15-6-2-3-9(7-14)8-15/h1,4-5,9H,2-3,6-8,14H2. The highest BCUT2D eigenvalue weighted by Gasteiger charge is 2.26. The molecule has 2 N–H and O–H groups in total. The van der Waals surface area contributed by atoms with Crippen molar-refractivity contribution in [2.45, 2.75) is 12.8 Å². The molecule has 1 unspecified atom stereocenters. The molecule has 6 heteroatoms. The summed E-state index contributed by atoms with van der Waals surface area (Å²) < 4.78 is 0. The van der Waals surface area contributed by atoms with Crippen LogP contribution < -0.4 is 10.6 Å². The number of piperidine rings is 1. The molecule has 0 radical (unpaired) electrons. The van der Waals surface area contributed by atoms with E-state index in [1.54, 1.807) is 18.2 Å². The second-order valence-electron chi connectivity index (χ2n) is 4.55. The SMILES string of the molecule is NCC1CCCN(c2cccc(Cl)c2[N+](=O)[O-])C1. The Kier molecular flexibility index (Phi) is 4.04. The topological polar surface area (TPSA) is 72.4 Å². The summed E-state index contributed by atoms with van der Waals surface area (Å²) in [6.07, 6.45) is 2.09. The maximum atomic E-state index is 11.1. The average molecular weight is 270 g/mol. The molecule has 1 heterocycles. The average Bonchev–Trinajstić information content (AvgIpc) is 2.38. The Morgan fingerprint density at radius 1 is 1.56 bits per heavy atom. The Morgan fingerprint density at radius 2 is 2.33 bits per heavy atom. The van der Waals surface area contributed by atoms with E-state index in [2.05, 4.69) is 0 Å². The van der Waals surface area contributed by atoms with E-state index in [0.29, 0.717) is 18.2 Å². The first-order valence-corrected chi connectivity index (χ1v) is 6.39. The molecular formula is C12H16ClN3O2. The minimum Gasteiger partial charge on any atom is -0.366 e. The van der Waals surface area contributed by atoms with Crippen molar-refractivity contribution in [2.75, 3.05) is 24.5 Å². The minimum atomic E-state index is -0.413. The molecule has 98 valence electrons. The second kappa shape index (κ2) is 5.54. The molecule has 0 aromatic heterocycles. The van der Waals surface area contributed by atoms with Gasteiger partial charge in [0.15, 0.2) is 0 Å². The maximum absolute atomic E-state index is 11.1. The minimum absolute atomic E-state index is 0.00293. The predicted molar refractivity (Wildman–Crippen MR) is 72.1 cm³/mol. The highest BCUT2D eigenvalue weighted by Crippen LogP contribution is 2.36. The van der Waals surface area contributed by atoms with Gasteiger partial charge in [0.05, 0.1) is 4.92 Å². The van der Waals surface area contributed by atoms with Gasteiger partial charge >= 0.3 is 5.69 Å². The normalized spacial score (nSPS) is 19.9. The van der Waals surface area contributed by atoms with E-state index >= 15 is 0 Å². The van der Waals surface area contributed by atoms with Crippen molar-refractivity contribution >= 4 is 23.0 Å². The van der Waals surface area contributed by atoms with Crippen molar-refractivity contribution in [3.63, 3.8) is 0 Å². The molecule has 5 nitrogen and oxygen atoms in total. The monoisotopic (exact) mass is 269 g/mol. The van der Waals surface area contributed by atoms with Crippen molar-refractivity contribution in [1.82, 2.24) is 0 Å². The molecule has 1 saturated heterocycles. The van der Waals surface area contributed by atoms with Gasteiger partial charge in [-0.3, -0.25) is 10.1 Å². The molecule has 1 fully saturated rings. The van der Waals surface area contributed by atoms with Gasteiger partial charge in [-0.1, -0.05) is 17.7 Å². The third-order valence-electron chi connectivity index (χ3n) is 3.34. The van der Waals surface area contributed by atoms with Crippen LogP contribution in [0, 0.1) is 16.0 Å². The van der Waals surface area contributed by atoms with Crippen LogP contribution in [0.3, 0.4) is 0 Å². The number of nitrogens with two attached hydrogens (primary N) is 1. The molecule has 18 heavy (non-hydrogen) atoms. The smallest absolute Gasteiger partial charge is 0.310 e. The zero-order valence-electron chi connectivity index (χ0n) is 10.0. The maximum Gasteiger partial charge on any atom is 0.310 e. The molecule has 2 rings (SSSR count). The third kappa shape index (κ3) is 2.57. The van der Waals surface area contributed by atoms with Crippen LogP contribution in [0.1, 0.15) is 12.8 Å². The first-order chi connectivity index (χ1) is 8.63. The Balaban J connectivity index is 2.32. The van der Waals surface area contributed by atoms with Crippen molar-refractivity contribution in [3.8, 4) is 0 Å². The van der Waals surface area contributed by atoms with Gasteiger partial charge in [0.25, 0.3) is 0 Å². The first kappa shape index (κ1) is 13.1. The van der Waals surface area contributed by atoms with Crippen molar-refractivity contribution in [2.24, 2.45) is 11.7 Å². The number of rotatable bonds is 3. The van der Waals surface area contributed by atoms with Gasteiger partial charge in [-0.25, -0.2) is 0 Å². The number of anilines is 1. The summed E-state index contributed by atoms with van der Waals surface area (Å²) in [4.78, 5) is 12.7. The fourth-order valence-electron chi connectivity index (χ4n) is 2.42. The molecule has 1 aromatic carbocycles. The summed E-state index contributed by atoms with van der Waals surface area (Å²) in [5, 5.41) is 11.3. The Morgan fingerprint density at radius 3 is 3.00 bits per heavy atom. The van der Waals surface area contributed by atoms with E-state index in [1.807, 2.05) is 4.90 Å². The van der Waals surface area contributed by atoms with Gasteiger partial charge in [-0.2, -0.15) is 0 Å². The van der Waals surface area contributed by atoms with Gasteiger partial charge in [-0.05, 0) is 37.4 Å². The largest absolute Gasteiger partial charge is 0.366 e. The van der Waals surface area contributed by atoms with Gasteiger partial charge in [-0.15, -0.1) is 0 Å². The van der Waals surface area contributed by atoms with Gasteiger partial charge in [0.2, 0.25) is 0 Å². The number of halogens is 1. The van der Waals surface area contributed by atoms with Crippen LogP contribution in [0.5, 0.6) is 0 Å². The lowest BCUT2D eigenvalue weighted by molar-refractivity contribution is -0.384. The number of benzene rings is 1. The molecule has 0 spiro atoms. The molecule has 1 aliphatic heterocycles. The Hall–Kier alpha value is -1.33. The van der Waals surface area contributed by atoms with Gasteiger partial charge in [0.1, 0.15) is 10.7 Å². The van der Waals surface area contributed by atoms with Crippen LogP contribution in [0.4, 0.5) is 11.4 Å². The quantitative estimate of drug-likeness (QED) is 0.676. The second-order valence-corrected chi connectivity index (χ2v) is 4.96. The van der Waals surface area contributed by atoms with E-state index in [0.717, 1.165) is 25.9 Å². The molecular weight excluding hydrogens is 254 g/mol. The van der Waals surface area contributed by atoms with Gasteiger partial charge < -0.3 is 10.6 Å². The van der Waals surface area contributed by atoms with Crippen molar-refractivity contribution < 1.29 is 4.92 Å². The summed E-state index contributed by atoms with van der Waals surface area (Å²) in [6.45, 7) is 2.19. The molecule has 0 amide bonds. The zero-order chi connectivity index (χ0) is 13.1. The highest BCUT2D eigenvalue weighted by molar-refractivity contribution is 6.33. The number of nitro benzene ring substituents is 1. The molecule has 0 saturated carbocycles. The summed E-state index contributed by atoms with van der Waals surface area (Å²) in [7, 11) is 0. The number of nitro groups is 1. The highest BCUT2D eigenvalue weighted by atomic mass is 35.5. The molecule has 1 atom stereocenters. The fourth-order valence-corrected chi connectivity index (χ4v) is 2.65. The zero-order valence-corrected chi connectivity index (χ0v) is 10.8. The van der Waals surface area contributed by atoms with E-state index in [1.165, 1.54) is 0 Å². The number of hydrogen-bond donors (Lipinski definition) is 1. The predicted octanol–water partition coefficient (Wildman–Crippen LogP) is 2.42. The summed E-state index contributed by atoms with van der Waals surface area (Å²) >= 11 is 5.92. The van der Waals surface area contributed by atoms with E-state index in [4.69, 9.17) is 17.3 Å². The van der Waals surface area contributed by atoms with Crippen LogP contribution in [-0.2, 0) is 0 Å². The van der Waals surface area contributed by atoms with Crippen molar-refractivity contribution in [1.29, 1.82) is 0 Å². The molecule has 0 bridgehead atoms. The number of hydrogen-bond acceptors (Lipinski definition) is 4. The van der Waals surface area contributed by atoms with Crippen LogP contribution in [0.2, 0.25) is 5.02 Å². The summed E-state index contributed by atoms with van der Waals surface area (Å²) in [5.41, 5.74) is 6.28. The summed E-state index contributed by atoms with van der Waals surface area (Å²) in [6, 6.07) is 5.05. The Labute approximate surface area is 111 Å². The lowest BCUT2D eigenvalue weighted by Gasteiger charge is -2.33. The number of para-hydroxylation sites is 1. The van der Waals surface area contributed by atoms with E-state index < -0.39 is 4.92 Å². The van der Waals surface area contributed by atoms with Crippen LogP contribution in [0.25, 0.3) is 0 Å². The Bertz CT molecular complexity index is 453. The van der Waals surface area contributed by atoms with Crippen LogP contribution >= 0.6 is 11.6 Å². The van der Waals surface area contributed by atoms with Crippen molar-refractivity contribution in [3.05, 3.63) is 33.3 Å². The van der Waals surface area contributed by atoms with Gasteiger partial charge in [0, 0.05) is 13.1 Å².